The molecular weight excluding hydrogens is 250 g/mol. The normalized spacial score (nSPS) is 17.4. The Hall–Kier alpha value is -1.65. The third-order valence-electron chi connectivity index (χ3n) is 4.09. The molecule has 20 heavy (non-hydrogen) atoms. The summed E-state index contributed by atoms with van der Waals surface area (Å²) in [6.45, 7) is 2.54. The van der Waals surface area contributed by atoms with Crippen LogP contribution in [0.2, 0.25) is 0 Å². The van der Waals surface area contributed by atoms with E-state index < -0.39 is 0 Å². The topological polar surface area (TPSA) is 39.1 Å². The van der Waals surface area contributed by atoms with Gasteiger partial charge in [-0.2, -0.15) is 5.10 Å². The molecule has 1 unspecified atom stereocenters. The summed E-state index contributed by atoms with van der Waals surface area (Å²) in [7, 11) is 3.72. The van der Waals surface area contributed by atoms with Crippen LogP contribution < -0.4 is 5.32 Å². The van der Waals surface area contributed by atoms with E-state index in [1.54, 1.807) is 7.11 Å². The molecule has 1 atom stereocenters. The van der Waals surface area contributed by atoms with Crippen molar-refractivity contribution in [1.29, 1.82) is 0 Å². The van der Waals surface area contributed by atoms with Crippen molar-refractivity contribution in [1.82, 2.24) is 15.1 Å². The van der Waals surface area contributed by atoms with Gasteiger partial charge in [0.2, 0.25) is 0 Å². The van der Waals surface area contributed by atoms with E-state index in [0.29, 0.717) is 12.8 Å². The van der Waals surface area contributed by atoms with E-state index in [4.69, 9.17) is 4.74 Å². The molecule has 0 aliphatic heterocycles. The second kappa shape index (κ2) is 5.38. The average Bonchev–Trinajstić information content (AvgIpc) is 3.01. The van der Waals surface area contributed by atoms with Crippen LogP contribution in [0.5, 0.6) is 0 Å². The summed E-state index contributed by atoms with van der Waals surface area (Å²) in [6.07, 6.45) is 4.42. The minimum Gasteiger partial charge on any atom is -0.362 e. The van der Waals surface area contributed by atoms with Gasteiger partial charge in [0, 0.05) is 24.9 Å². The fraction of sp³-hybridized carbons (Fsp3) is 0.438. The number of aryl methyl sites for hydroxylation is 2. The first-order valence-corrected chi connectivity index (χ1v) is 7.06. The number of methoxy groups -OCH3 is 1. The van der Waals surface area contributed by atoms with Gasteiger partial charge in [-0.15, -0.1) is 0 Å². The highest BCUT2D eigenvalue weighted by molar-refractivity contribution is 5.67. The summed E-state index contributed by atoms with van der Waals surface area (Å²) in [5, 5.41) is 7.88. The van der Waals surface area contributed by atoms with Gasteiger partial charge in [-0.3, -0.25) is 0 Å². The number of hydrogen-bond acceptors (Lipinski definition) is 3. The van der Waals surface area contributed by atoms with Crippen molar-refractivity contribution in [2.45, 2.75) is 32.5 Å². The molecule has 0 bridgehead atoms. The molecule has 0 saturated heterocycles. The predicted molar refractivity (Wildman–Crippen MR) is 79.5 cm³/mol. The molecule has 0 amide bonds. The second-order valence-electron chi connectivity index (χ2n) is 5.38. The van der Waals surface area contributed by atoms with Crippen molar-refractivity contribution in [3.8, 4) is 11.1 Å². The molecule has 3 rings (SSSR count). The molecule has 1 aliphatic rings. The van der Waals surface area contributed by atoms with Crippen molar-refractivity contribution in [3.63, 3.8) is 0 Å². The van der Waals surface area contributed by atoms with Crippen molar-refractivity contribution >= 4 is 0 Å². The van der Waals surface area contributed by atoms with E-state index in [-0.39, 0.29) is 0 Å². The fourth-order valence-corrected chi connectivity index (χ4v) is 3.07. The average molecular weight is 271 g/mol. The number of ether oxygens (including phenoxy) is 1. The van der Waals surface area contributed by atoms with Gasteiger partial charge >= 0.3 is 0 Å². The standard InChI is InChI=1S/C16H21N3O/c1-11-15(9-19(18-11)10-20-3)13-5-4-12-6-7-16(17-2)14(12)8-13/h4-5,8-9,16-17H,6-7,10H2,1-3H3. The number of nitrogens with zero attached hydrogens (tertiary/aromatic N) is 2. The highest BCUT2D eigenvalue weighted by atomic mass is 16.5. The fourth-order valence-electron chi connectivity index (χ4n) is 3.07. The van der Waals surface area contributed by atoms with Crippen LogP contribution in [0.25, 0.3) is 11.1 Å². The molecule has 4 heteroatoms. The summed E-state index contributed by atoms with van der Waals surface area (Å²) in [5.74, 6) is 0. The Morgan fingerprint density at radius 1 is 1.45 bits per heavy atom. The van der Waals surface area contributed by atoms with Crippen LogP contribution in [0.15, 0.2) is 24.4 Å². The Labute approximate surface area is 119 Å². The largest absolute Gasteiger partial charge is 0.362 e. The smallest absolute Gasteiger partial charge is 0.138 e. The number of benzene rings is 1. The summed E-state index contributed by atoms with van der Waals surface area (Å²) in [6, 6.07) is 7.26. The highest BCUT2D eigenvalue weighted by Crippen LogP contribution is 2.34. The Bertz CT molecular complexity index is 618. The van der Waals surface area contributed by atoms with Gasteiger partial charge in [0.25, 0.3) is 0 Å². The molecule has 1 heterocycles. The molecule has 4 nitrogen and oxygen atoms in total. The van der Waals surface area contributed by atoms with Crippen LogP contribution in [0.3, 0.4) is 0 Å². The first-order valence-electron chi connectivity index (χ1n) is 7.06. The van der Waals surface area contributed by atoms with Gasteiger partial charge in [-0.05, 0) is 49.6 Å². The van der Waals surface area contributed by atoms with Gasteiger partial charge in [-0.25, -0.2) is 4.68 Å². The molecule has 1 aliphatic carbocycles. The minimum absolute atomic E-state index is 0.485. The molecule has 2 aromatic rings. The molecular formula is C16H21N3O. The Morgan fingerprint density at radius 3 is 3.05 bits per heavy atom. The zero-order chi connectivity index (χ0) is 14.1. The molecule has 1 aromatic carbocycles. The molecule has 1 aromatic heterocycles. The zero-order valence-electron chi connectivity index (χ0n) is 12.3. The minimum atomic E-state index is 0.485. The molecule has 0 saturated carbocycles. The summed E-state index contributed by atoms with van der Waals surface area (Å²) >= 11 is 0. The van der Waals surface area contributed by atoms with Gasteiger partial charge in [0.05, 0.1) is 5.69 Å². The van der Waals surface area contributed by atoms with Gasteiger partial charge in [0.1, 0.15) is 6.73 Å². The summed E-state index contributed by atoms with van der Waals surface area (Å²) in [4.78, 5) is 0. The van der Waals surface area contributed by atoms with Crippen LogP contribution >= 0.6 is 0 Å². The molecule has 0 radical (unpaired) electrons. The van der Waals surface area contributed by atoms with Crippen LogP contribution in [0.4, 0.5) is 0 Å². The van der Waals surface area contributed by atoms with Gasteiger partial charge in [0.15, 0.2) is 0 Å². The third kappa shape index (κ3) is 2.25. The van der Waals surface area contributed by atoms with Crippen LogP contribution in [-0.2, 0) is 17.9 Å². The monoisotopic (exact) mass is 271 g/mol. The quantitative estimate of drug-likeness (QED) is 0.929. The third-order valence-corrected chi connectivity index (χ3v) is 4.09. The Balaban J connectivity index is 1.99. The van der Waals surface area contributed by atoms with Crippen LogP contribution in [0.1, 0.15) is 29.3 Å². The first kappa shape index (κ1) is 13.3. The highest BCUT2D eigenvalue weighted by Gasteiger charge is 2.21. The van der Waals surface area contributed by atoms with Crippen LogP contribution in [0, 0.1) is 6.92 Å². The molecule has 1 N–H and O–H groups in total. The first-order chi connectivity index (χ1) is 9.72. The van der Waals surface area contributed by atoms with E-state index in [2.05, 4.69) is 34.8 Å². The lowest BCUT2D eigenvalue weighted by atomic mass is 10.00. The second-order valence-corrected chi connectivity index (χ2v) is 5.38. The maximum Gasteiger partial charge on any atom is 0.138 e. The zero-order valence-corrected chi connectivity index (χ0v) is 12.3. The number of nitrogens with one attached hydrogen (secondary N) is 1. The lowest BCUT2D eigenvalue weighted by Gasteiger charge is -2.11. The maximum absolute atomic E-state index is 5.13. The Kier molecular flexibility index (Phi) is 3.59. The Morgan fingerprint density at radius 2 is 2.30 bits per heavy atom. The summed E-state index contributed by atoms with van der Waals surface area (Å²) < 4.78 is 6.97. The number of aromatic nitrogens is 2. The number of hydrogen-bond donors (Lipinski definition) is 1. The van der Waals surface area contributed by atoms with E-state index in [9.17, 15) is 0 Å². The van der Waals surface area contributed by atoms with Crippen molar-refractivity contribution in [2.75, 3.05) is 14.2 Å². The van der Waals surface area contributed by atoms with E-state index in [0.717, 1.165) is 5.69 Å². The molecule has 0 fully saturated rings. The number of fused-ring (bicyclic) bond motifs is 1. The van der Waals surface area contributed by atoms with Gasteiger partial charge < -0.3 is 10.1 Å². The van der Waals surface area contributed by atoms with E-state index >= 15 is 0 Å². The van der Waals surface area contributed by atoms with Crippen molar-refractivity contribution in [2.24, 2.45) is 0 Å². The lowest BCUT2D eigenvalue weighted by Crippen LogP contribution is -2.12. The van der Waals surface area contributed by atoms with Crippen LogP contribution in [-0.4, -0.2) is 23.9 Å². The summed E-state index contributed by atoms with van der Waals surface area (Å²) in [5.41, 5.74) is 6.37. The SMILES string of the molecule is CNC1CCc2ccc(-c3cn(COC)nc3C)cc21. The van der Waals surface area contributed by atoms with Gasteiger partial charge in [-0.1, -0.05) is 12.1 Å². The number of rotatable bonds is 4. The maximum atomic E-state index is 5.13. The van der Waals surface area contributed by atoms with Crippen molar-refractivity contribution in [3.05, 3.63) is 41.2 Å². The predicted octanol–water partition coefficient (Wildman–Crippen LogP) is 2.67. The van der Waals surface area contributed by atoms with Crippen molar-refractivity contribution < 1.29 is 4.74 Å². The molecule has 0 spiro atoms. The lowest BCUT2D eigenvalue weighted by molar-refractivity contribution is 0.120. The molecule has 106 valence electrons. The van der Waals surface area contributed by atoms with E-state index in [1.807, 2.05) is 18.7 Å². The van der Waals surface area contributed by atoms with E-state index in [1.165, 1.54) is 35.1 Å².